The van der Waals surface area contributed by atoms with Gasteiger partial charge in [-0.15, -0.1) is 11.3 Å². The van der Waals surface area contributed by atoms with E-state index in [1.807, 2.05) is 85.2 Å². The van der Waals surface area contributed by atoms with Crippen molar-refractivity contribution in [2.24, 2.45) is 0 Å². The molecule has 0 aliphatic rings. The number of fused-ring (bicyclic) bond motifs is 7. The fourth-order valence-corrected chi connectivity index (χ4v) is 7.18. The average molecular weight is 727 g/mol. The highest BCUT2D eigenvalue weighted by atomic mass is 32.1. The molecule has 4 aromatic carbocycles. The molecule has 0 atom stereocenters. The second kappa shape index (κ2) is 17.1. The summed E-state index contributed by atoms with van der Waals surface area (Å²) in [5.74, 6) is 0. The fraction of sp³-hybridized carbons (Fsp3) is 0. The number of hydrogen-bond donors (Lipinski definition) is 0. The first-order valence-electron chi connectivity index (χ1n) is 17.8. The van der Waals surface area contributed by atoms with Gasteiger partial charge in [-0.3, -0.25) is 29.9 Å². The highest BCUT2D eigenvalue weighted by molar-refractivity contribution is 7.22. The predicted octanol–water partition coefficient (Wildman–Crippen LogP) is 12.3. The van der Waals surface area contributed by atoms with Crippen LogP contribution in [0.25, 0.3) is 75.5 Å². The van der Waals surface area contributed by atoms with Crippen LogP contribution < -0.4 is 0 Å². The van der Waals surface area contributed by atoms with E-state index in [4.69, 9.17) is 0 Å². The van der Waals surface area contributed by atoms with Crippen LogP contribution in [0.1, 0.15) is 0 Å². The average Bonchev–Trinajstić information content (AvgIpc) is 3.73. The molecule has 0 fully saturated rings. The topological polar surface area (TPSA) is 77.3 Å². The number of hydrogen-bond acceptors (Lipinski definition) is 7. The summed E-state index contributed by atoms with van der Waals surface area (Å²) in [5.41, 5.74) is 5.93. The number of nitrogens with zero attached hydrogens (tertiary/aromatic N) is 6. The van der Waals surface area contributed by atoms with Crippen molar-refractivity contribution in [3.63, 3.8) is 0 Å². The molecule has 55 heavy (non-hydrogen) atoms. The van der Waals surface area contributed by atoms with Crippen LogP contribution in [0.5, 0.6) is 0 Å². The Hall–Kier alpha value is -7.22. The van der Waals surface area contributed by atoms with E-state index in [9.17, 15) is 0 Å². The lowest BCUT2D eigenvalue weighted by atomic mass is 10.1. The van der Waals surface area contributed by atoms with E-state index >= 15 is 0 Å². The summed E-state index contributed by atoms with van der Waals surface area (Å²) >= 11 is 1.79. The summed E-state index contributed by atoms with van der Waals surface area (Å²) < 4.78 is 1.32. The Morgan fingerprint density at radius 3 is 1.25 bits per heavy atom. The highest BCUT2D eigenvalue weighted by Crippen LogP contribution is 2.32. The van der Waals surface area contributed by atoms with Gasteiger partial charge < -0.3 is 0 Å². The van der Waals surface area contributed by atoms with Gasteiger partial charge in [0.05, 0.1) is 38.5 Å². The minimum atomic E-state index is 0.915. The second-order valence-electron chi connectivity index (χ2n) is 12.4. The van der Waals surface area contributed by atoms with Crippen molar-refractivity contribution in [3.05, 3.63) is 207 Å². The van der Waals surface area contributed by atoms with Crippen LogP contribution in [-0.4, -0.2) is 29.9 Å². The van der Waals surface area contributed by atoms with Crippen molar-refractivity contribution >= 4 is 64.9 Å². The predicted molar refractivity (Wildman–Crippen MR) is 229 cm³/mol. The van der Waals surface area contributed by atoms with E-state index in [1.54, 1.807) is 36.1 Å². The maximum absolute atomic E-state index is 4.41. The van der Waals surface area contributed by atoms with E-state index in [-0.39, 0.29) is 0 Å². The lowest BCUT2D eigenvalue weighted by molar-refractivity contribution is 1.25. The molecule has 0 unspecified atom stereocenters. The molecular formula is C48H34N6S. The smallest absolute Gasteiger partial charge is 0.0964 e. The van der Waals surface area contributed by atoms with Crippen LogP contribution >= 0.6 is 11.3 Å². The largest absolute Gasteiger partial charge is 0.256 e. The second-order valence-corrected chi connectivity index (χ2v) is 13.5. The van der Waals surface area contributed by atoms with Gasteiger partial charge in [0.2, 0.25) is 0 Å². The Morgan fingerprint density at radius 1 is 0.291 bits per heavy atom. The Labute approximate surface area is 322 Å². The first kappa shape index (κ1) is 34.8. The Kier molecular flexibility index (Phi) is 10.8. The molecule has 6 nitrogen and oxygen atoms in total. The molecule has 11 rings (SSSR count). The van der Waals surface area contributed by atoms with Crippen molar-refractivity contribution < 1.29 is 0 Å². The van der Waals surface area contributed by atoms with Crippen molar-refractivity contribution in [1.82, 2.24) is 29.9 Å². The molecule has 0 aliphatic heterocycles. The third-order valence-corrected chi connectivity index (χ3v) is 9.92. The molecule has 0 aliphatic carbocycles. The zero-order chi connectivity index (χ0) is 37.1. The van der Waals surface area contributed by atoms with Gasteiger partial charge in [0.25, 0.3) is 0 Å². The molecule has 7 heterocycles. The van der Waals surface area contributed by atoms with Crippen LogP contribution in [-0.2, 0) is 0 Å². The maximum Gasteiger partial charge on any atom is 0.0964 e. The summed E-state index contributed by atoms with van der Waals surface area (Å²) in [5, 5.41) is 7.25. The van der Waals surface area contributed by atoms with E-state index < -0.39 is 0 Å². The quantitative estimate of drug-likeness (QED) is 0.165. The van der Waals surface area contributed by atoms with Gasteiger partial charge in [0, 0.05) is 63.4 Å². The standard InChI is InChI=1S/C13H9NS.C13H9N.C12H8N2.C10H8N2/c1-2-7-12-10(5-1)9-13(15-12)11-6-3-4-8-14-11;1-2-6-12-10(4-1)7-8-11-5-3-9-14-13(11)12;1-3-9-5-6-10-4-2-8-14-12(10)11(9)13-7-1;1-3-7-11-9(5-1)10-6-2-4-8-12-10/h1-9H;1-9H;1-8H;1-8H. The molecule has 0 radical (unpaired) electrons. The minimum Gasteiger partial charge on any atom is -0.256 e. The molecule has 262 valence electrons. The molecule has 7 heteroatoms. The molecule has 0 spiro atoms. The van der Waals surface area contributed by atoms with Crippen LogP contribution in [0.2, 0.25) is 0 Å². The van der Waals surface area contributed by atoms with Gasteiger partial charge in [0.1, 0.15) is 0 Å². The lowest BCUT2D eigenvalue weighted by Gasteiger charge is -2.01. The van der Waals surface area contributed by atoms with Crippen molar-refractivity contribution in [2.45, 2.75) is 0 Å². The molecular weight excluding hydrogens is 693 g/mol. The monoisotopic (exact) mass is 726 g/mol. The highest BCUT2D eigenvalue weighted by Gasteiger charge is 2.04. The normalized spacial score (nSPS) is 10.5. The number of pyridine rings is 6. The summed E-state index contributed by atoms with van der Waals surface area (Å²) in [4.78, 5) is 27.1. The van der Waals surface area contributed by atoms with Crippen molar-refractivity contribution in [1.29, 1.82) is 0 Å². The van der Waals surface area contributed by atoms with Crippen LogP contribution in [0.15, 0.2) is 207 Å². The molecule has 0 N–H and O–H groups in total. The van der Waals surface area contributed by atoms with E-state index in [1.165, 1.54) is 31.1 Å². The SMILES string of the molecule is c1ccc(-c2cc3ccccc3s2)nc1.c1ccc(-c2ccccn2)nc1.c1ccc2c(c1)ccc1cccnc12.c1cnc2c(c1)ccc1cccnc12. The summed E-state index contributed by atoms with van der Waals surface area (Å²) in [6.07, 6.45) is 10.8. The minimum absolute atomic E-state index is 0.915. The first-order valence-corrected chi connectivity index (χ1v) is 18.7. The summed E-state index contributed by atoms with van der Waals surface area (Å²) in [6, 6.07) is 57.0. The van der Waals surface area contributed by atoms with E-state index in [0.717, 1.165) is 44.4 Å². The van der Waals surface area contributed by atoms with Gasteiger partial charge >= 0.3 is 0 Å². The zero-order valence-corrected chi connectivity index (χ0v) is 30.5. The fourth-order valence-electron chi connectivity index (χ4n) is 6.14. The third-order valence-electron chi connectivity index (χ3n) is 8.78. The van der Waals surface area contributed by atoms with Gasteiger partial charge in [0.15, 0.2) is 0 Å². The Morgan fingerprint density at radius 2 is 0.709 bits per heavy atom. The maximum atomic E-state index is 4.41. The lowest BCUT2D eigenvalue weighted by Crippen LogP contribution is -1.83. The van der Waals surface area contributed by atoms with Crippen LogP contribution in [0.4, 0.5) is 0 Å². The van der Waals surface area contributed by atoms with E-state index in [0.29, 0.717) is 0 Å². The Balaban J connectivity index is 0.000000104. The summed E-state index contributed by atoms with van der Waals surface area (Å²) in [6.45, 7) is 0. The molecule has 0 amide bonds. The molecule has 0 saturated carbocycles. The molecule has 0 saturated heterocycles. The Bertz CT molecular complexity index is 2640. The van der Waals surface area contributed by atoms with Gasteiger partial charge in [-0.05, 0) is 77.5 Å². The first-order chi connectivity index (χ1) is 27.3. The van der Waals surface area contributed by atoms with E-state index in [2.05, 4.69) is 127 Å². The van der Waals surface area contributed by atoms with Gasteiger partial charge in [-0.2, -0.15) is 0 Å². The number of rotatable bonds is 2. The van der Waals surface area contributed by atoms with Crippen molar-refractivity contribution in [3.8, 4) is 22.0 Å². The van der Waals surface area contributed by atoms with Crippen LogP contribution in [0, 0.1) is 0 Å². The molecule has 7 aromatic heterocycles. The number of benzene rings is 4. The van der Waals surface area contributed by atoms with Crippen LogP contribution in [0.3, 0.4) is 0 Å². The summed E-state index contributed by atoms with van der Waals surface area (Å²) in [7, 11) is 0. The number of thiophene rings is 1. The van der Waals surface area contributed by atoms with Gasteiger partial charge in [-0.1, -0.05) is 103 Å². The zero-order valence-electron chi connectivity index (χ0n) is 29.7. The number of aromatic nitrogens is 6. The molecule has 11 aromatic rings. The third kappa shape index (κ3) is 8.38. The van der Waals surface area contributed by atoms with Crippen molar-refractivity contribution in [2.75, 3.05) is 0 Å². The van der Waals surface area contributed by atoms with Gasteiger partial charge in [-0.25, -0.2) is 0 Å². The molecule has 0 bridgehead atoms.